The summed E-state index contributed by atoms with van der Waals surface area (Å²) >= 11 is 13.1. The Labute approximate surface area is 330 Å². The summed E-state index contributed by atoms with van der Waals surface area (Å²) in [6, 6.07) is 0. The number of imide groups is 1. The summed E-state index contributed by atoms with van der Waals surface area (Å²) in [7, 11) is 0. The molecule has 7 unspecified atom stereocenters. The van der Waals surface area contributed by atoms with Crippen LogP contribution in [0.25, 0.3) is 0 Å². The second-order valence-corrected chi connectivity index (χ2v) is 16.9. The zero-order chi connectivity index (χ0) is 37.9. The average Bonchev–Trinajstić information content (AvgIpc) is 3.79. The van der Waals surface area contributed by atoms with Gasteiger partial charge < -0.3 is 28.4 Å². The number of hydrogen-bond donors (Lipinski definition) is 0. The fraction of sp³-hybridized carbons (Fsp3) is 0.727. The monoisotopic (exact) mass is 977 g/mol. The van der Waals surface area contributed by atoms with Crippen LogP contribution >= 0.6 is 63.7 Å². The van der Waals surface area contributed by atoms with E-state index in [-0.39, 0.29) is 26.4 Å². The molecule has 286 valence electrons. The number of likely N-dealkylation sites (tertiary alicyclic amines) is 1. The van der Waals surface area contributed by atoms with Crippen LogP contribution in [-0.4, -0.2) is 118 Å². The number of fused-ring (bicyclic) bond motifs is 5. The highest BCUT2D eigenvalue weighted by atomic mass is 79.9. The van der Waals surface area contributed by atoms with Crippen LogP contribution in [-0.2, 0) is 62.0 Å². The standard InChI is InChI=1S/C33H43Br4NO13/c1-4-46-28(41)18(34)8-6-10-20(36)30(43)49-16-33(3,17-50-31(44)21(37)11-7-9-19(35)29(42)47-5-2)32(45)48-15-14-38-26(39)24-22-12-13-23(51-22)25(24)27(38)40/h12-13,18-25H,4-11,14-17H2,1-3H3/t18?,19?,20?,21?,22?,23?,24-,25?,33?/m1/s1. The lowest BCUT2D eigenvalue weighted by atomic mass is 9.85. The van der Waals surface area contributed by atoms with E-state index in [0.29, 0.717) is 38.5 Å². The Bertz CT molecular complexity index is 1250. The van der Waals surface area contributed by atoms with Crippen molar-refractivity contribution in [2.75, 3.05) is 39.6 Å². The molecule has 51 heavy (non-hydrogen) atoms. The van der Waals surface area contributed by atoms with Gasteiger partial charge in [-0.3, -0.25) is 38.5 Å². The summed E-state index contributed by atoms with van der Waals surface area (Å²) in [5, 5.41) is 0. The second-order valence-electron chi connectivity index (χ2n) is 12.5. The Morgan fingerprint density at radius 1 is 0.686 bits per heavy atom. The van der Waals surface area contributed by atoms with E-state index in [9.17, 15) is 33.6 Å². The van der Waals surface area contributed by atoms with Crippen molar-refractivity contribution in [1.82, 2.24) is 4.90 Å². The van der Waals surface area contributed by atoms with Gasteiger partial charge in [-0.1, -0.05) is 88.7 Å². The molecule has 0 N–H and O–H groups in total. The normalized spacial score (nSPS) is 23.9. The van der Waals surface area contributed by atoms with Gasteiger partial charge in [-0.05, 0) is 46.5 Å². The predicted octanol–water partition coefficient (Wildman–Crippen LogP) is 4.08. The van der Waals surface area contributed by atoms with E-state index in [2.05, 4.69) is 63.7 Å². The van der Waals surface area contributed by atoms with Gasteiger partial charge in [-0.15, -0.1) is 0 Å². The third kappa shape index (κ3) is 11.8. The van der Waals surface area contributed by atoms with Crippen LogP contribution in [0.4, 0.5) is 0 Å². The fourth-order valence-corrected chi connectivity index (χ4v) is 7.50. The maximum atomic E-state index is 13.5. The van der Waals surface area contributed by atoms with Gasteiger partial charge in [0, 0.05) is 0 Å². The minimum absolute atomic E-state index is 0.181. The lowest BCUT2D eigenvalue weighted by Crippen LogP contribution is -2.43. The van der Waals surface area contributed by atoms with Crippen molar-refractivity contribution >= 4 is 105 Å². The Morgan fingerprint density at radius 2 is 1.06 bits per heavy atom. The van der Waals surface area contributed by atoms with Crippen LogP contribution in [0.1, 0.15) is 59.3 Å². The number of hydrogen-bond acceptors (Lipinski definition) is 13. The van der Waals surface area contributed by atoms with Gasteiger partial charge in [0.2, 0.25) is 11.8 Å². The molecule has 2 saturated heterocycles. The van der Waals surface area contributed by atoms with Gasteiger partial charge in [0.25, 0.3) is 0 Å². The number of esters is 5. The minimum atomic E-state index is -1.66. The molecule has 0 saturated carbocycles. The quantitative estimate of drug-likeness (QED) is 0.0499. The van der Waals surface area contributed by atoms with Crippen LogP contribution in [0, 0.1) is 17.3 Å². The molecular weight excluding hydrogens is 938 g/mol. The minimum Gasteiger partial charge on any atom is -0.465 e. The summed E-state index contributed by atoms with van der Waals surface area (Å²) in [6.07, 6.45) is 5.03. The van der Waals surface area contributed by atoms with Gasteiger partial charge in [0.05, 0.1) is 43.8 Å². The molecule has 3 heterocycles. The van der Waals surface area contributed by atoms with Crippen molar-refractivity contribution < 1.29 is 62.0 Å². The Hall–Kier alpha value is -1.89. The van der Waals surface area contributed by atoms with Crippen molar-refractivity contribution in [3.8, 4) is 0 Å². The first-order chi connectivity index (χ1) is 24.1. The number of carbonyl (C=O) groups excluding carboxylic acids is 7. The van der Waals surface area contributed by atoms with Crippen LogP contribution in [0.2, 0.25) is 0 Å². The third-order valence-corrected chi connectivity index (χ3v) is 11.9. The first kappa shape index (κ1) is 43.5. The zero-order valence-electron chi connectivity index (χ0n) is 28.5. The second kappa shape index (κ2) is 20.5. The fourth-order valence-electron chi connectivity index (χ4n) is 5.68. The van der Waals surface area contributed by atoms with Crippen LogP contribution in [0.15, 0.2) is 12.2 Å². The number of nitrogens with zero attached hydrogens (tertiary/aromatic N) is 1. The highest BCUT2D eigenvalue weighted by Gasteiger charge is 2.60. The van der Waals surface area contributed by atoms with Crippen molar-refractivity contribution in [1.29, 1.82) is 0 Å². The molecule has 3 rings (SSSR count). The molecule has 2 amide bonds. The highest BCUT2D eigenvalue weighted by molar-refractivity contribution is 9.10. The van der Waals surface area contributed by atoms with Gasteiger partial charge in [0.15, 0.2) is 0 Å². The Morgan fingerprint density at radius 3 is 1.43 bits per heavy atom. The molecule has 8 atom stereocenters. The molecule has 0 spiro atoms. The van der Waals surface area contributed by atoms with Crippen LogP contribution in [0.3, 0.4) is 0 Å². The van der Waals surface area contributed by atoms with E-state index >= 15 is 0 Å². The first-order valence-electron chi connectivity index (χ1n) is 16.7. The number of ether oxygens (including phenoxy) is 6. The number of rotatable bonds is 22. The molecule has 0 aliphatic carbocycles. The number of alkyl halides is 4. The summed E-state index contributed by atoms with van der Waals surface area (Å²) < 4.78 is 32.0. The van der Waals surface area contributed by atoms with Crippen molar-refractivity contribution in [2.45, 2.75) is 90.8 Å². The van der Waals surface area contributed by atoms with E-state index in [1.807, 2.05) is 0 Å². The van der Waals surface area contributed by atoms with Crippen LogP contribution in [0.5, 0.6) is 0 Å². The summed E-state index contributed by atoms with van der Waals surface area (Å²) in [5.74, 6) is -5.02. The third-order valence-electron chi connectivity index (χ3n) is 8.54. The largest absolute Gasteiger partial charge is 0.465 e. The van der Waals surface area contributed by atoms with Crippen LogP contribution < -0.4 is 0 Å². The van der Waals surface area contributed by atoms with E-state index in [1.54, 1.807) is 26.0 Å². The molecule has 18 heteroatoms. The number of carbonyl (C=O) groups is 7. The molecule has 3 aliphatic heterocycles. The molecule has 3 aliphatic rings. The maximum absolute atomic E-state index is 13.5. The van der Waals surface area contributed by atoms with E-state index in [1.165, 1.54) is 6.92 Å². The Kier molecular flexibility index (Phi) is 17.5. The van der Waals surface area contributed by atoms with E-state index in [0.717, 1.165) is 4.90 Å². The molecule has 0 aromatic heterocycles. The highest BCUT2D eigenvalue weighted by Crippen LogP contribution is 2.45. The maximum Gasteiger partial charge on any atom is 0.319 e. The molecular formula is C33H43Br4NO13. The summed E-state index contributed by atoms with van der Waals surface area (Å²) in [6.45, 7) is 3.77. The molecule has 2 fully saturated rings. The van der Waals surface area contributed by atoms with Gasteiger partial charge in [-0.25, -0.2) is 0 Å². The van der Waals surface area contributed by atoms with Gasteiger partial charge in [0.1, 0.15) is 44.5 Å². The van der Waals surface area contributed by atoms with Gasteiger partial charge in [-0.2, -0.15) is 0 Å². The first-order valence-corrected chi connectivity index (χ1v) is 20.4. The van der Waals surface area contributed by atoms with Crippen molar-refractivity contribution in [3.63, 3.8) is 0 Å². The Balaban J connectivity index is 1.56. The average molecular weight is 981 g/mol. The SMILES string of the molecule is CCOC(=O)C(Br)CCCC(Br)C(=O)OCC(C)(COC(=O)C(Br)CCCC(Br)C(=O)OCC)C(=O)OCCN1C(=O)C2C3C=CC(O3)[C@H]2C1=O. The smallest absolute Gasteiger partial charge is 0.319 e. The topological polar surface area (TPSA) is 178 Å². The summed E-state index contributed by atoms with van der Waals surface area (Å²) in [5.41, 5.74) is -1.66. The lowest BCUT2D eigenvalue weighted by molar-refractivity contribution is -0.171. The van der Waals surface area contributed by atoms with Crippen molar-refractivity contribution in [2.24, 2.45) is 17.3 Å². The molecule has 14 nitrogen and oxygen atoms in total. The van der Waals surface area contributed by atoms with Crippen molar-refractivity contribution in [3.05, 3.63) is 12.2 Å². The number of halogens is 4. The zero-order valence-corrected chi connectivity index (χ0v) is 34.9. The van der Waals surface area contributed by atoms with Gasteiger partial charge >= 0.3 is 29.8 Å². The predicted molar refractivity (Wildman–Crippen MR) is 194 cm³/mol. The van der Waals surface area contributed by atoms with E-state index in [4.69, 9.17) is 28.4 Å². The molecule has 2 bridgehead atoms. The molecule has 0 radical (unpaired) electrons. The number of amides is 2. The molecule has 0 aromatic carbocycles. The summed E-state index contributed by atoms with van der Waals surface area (Å²) in [4.78, 5) is 87.3. The van der Waals surface area contributed by atoms with E-state index < -0.39 is 104 Å². The lowest BCUT2D eigenvalue weighted by Gasteiger charge is -2.28. The molecule has 0 aromatic rings.